The SMILES string of the molecule is Cc1cc(CC(C)C)ccc1OCCCOc1ccc2c(c1)O[C@@](C)(C(=O)O)CC2. The van der Waals surface area contributed by atoms with Crippen molar-refractivity contribution in [2.45, 2.75) is 59.0 Å². The van der Waals surface area contributed by atoms with Gasteiger partial charge in [0.05, 0.1) is 13.2 Å². The molecule has 3 rings (SSSR count). The highest BCUT2D eigenvalue weighted by Gasteiger charge is 2.39. The zero-order valence-corrected chi connectivity index (χ0v) is 18.4. The zero-order chi connectivity index (χ0) is 21.7. The Balaban J connectivity index is 1.47. The van der Waals surface area contributed by atoms with Gasteiger partial charge in [-0.2, -0.15) is 0 Å². The Labute approximate surface area is 179 Å². The van der Waals surface area contributed by atoms with Crippen molar-refractivity contribution >= 4 is 5.97 Å². The average Bonchev–Trinajstić information content (AvgIpc) is 2.68. The van der Waals surface area contributed by atoms with Crippen LogP contribution in [0.4, 0.5) is 0 Å². The maximum Gasteiger partial charge on any atom is 0.347 e. The fourth-order valence-electron chi connectivity index (χ4n) is 3.65. The van der Waals surface area contributed by atoms with Gasteiger partial charge in [-0.15, -0.1) is 0 Å². The number of ether oxygens (including phenoxy) is 3. The fraction of sp³-hybridized carbons (Fsp3) is 0.480. The van der Waals surface area contributed by atoms with Crippen LogP contribution in [-0.4, -0.2) is 29.9 Å². The van der Waals surface area contributed by atoms with Crippen LogP contribution in [0.15, 0.2) is 36.4 Å². The summed E-state index contributed by atoms with van der Waals surface area (Å²) in [6, 6.07) is 12.0. The summed E-state index contributed by atoms with van der Waals surface area (Å²) in [5.41, 5.74) is 2.33. The summed E-state index contributed by atoms with van der Waals surface area (Å²) in [7, 11) is 0. The predicted molar refractivity (Wildman–Crippen MR) is 117 cm³/mol. The van der Waals surface area contributed by atoms with Crippen LogP contribution in [0.25, 0.3) is 0 Å². The molecular formula is C25H32O5. The summed E-state index contributed by atoms with van der Waals surface area (Å²) in [6.45, 7) is 9.22. The second kappa shape index (κ2) is 9.41. The lowest BCUT2D eigenvalue weighted by atomic mass is 9.93. The third kappa shape index (κ3) is 5.47. The van der Waals surface area contributed by atoms with E-state index in [2.05, 4.69) is 32.9 Å². The average molecular weight is 413 g/mol. The van der Waals surface area contributed by atoms with Crippen molar-refractivity contribution in [2.75, 3.05) is 13.2 Å². The maximum absolute atomic E-state index is 11.5. The molecule has 1 N–H and O–H groups in total. The molecular weight excluding hydrogens is 380 g/mol. The van der Waals surface area contributed by atoms with Crippen LogP contribution in [0.5, 0.6) is 17.2 Å². The molecule has 2 aromatic rings. The van der Waals surface area contributed by atoms with Gasteiger partial charge in [-0.05, 0) is 61.4 Å². The number of aliphatic carboxylic acids is 1. The summed E-state index contributed by atoms with van der Waals surface area (Å²) < 4.78 is 17.5. The van der Waals surface area contributed by atoms with E-state index in [0.29, 0.717) is 43.5 Å². The summed E-state index contributed by atoms with van der Waals surface area (Å²) in [5.74, 6) is 1.89. The highest BCUT2D eigenvalue weighted by atomic mass is 16.5. The van der Waals surface area contributed by atoms with Crippen LogP contribution in [0.3, 0.4) is 0 Å². The Morgan fingerprint density at radius 2 is 1.93 bits per heavy atom. The minimum Gasteiger partial charge on any atom is -0.493 e. The van der Waals surface area contributed by atoms with E-state index in [1.54, 1.807) is 13.0 Å². The first kappa shape index (κ1) is 22.0. The van der Waals surface area contributed by atoms with Crippen molar-refractivity contribution < 1.29 is 24.1 Å². The molecule has 1 heterocycles. The molecule has 0 unspecified atom stereocenters. The van der Waals surface area contributed by atoms with Gasteiger partial charge in [0.25, 0.3) is 0 Å². The van der Waals surface area contributed by atoms with E-state index >= 15 is 0 Å². The molecule has 0 saturated carbocycles. The van der Waals surface area contributed by atoms with Crippen LogP contribution in [0.2, 0.25) is 0 Å². The van der Waals surface area contributed by atoms with Crippen molar-refractivity contribution in [3.8, 4) is 17.2 Å². The Morgan fingerprint density at radius 1 is 1.17 bits per heavy atom. The monoisotopic (exact) mass is 412 g/mol. The minimum absolute atomic E-state index is 0.463. The van der Waals surface area contributed by atoms with E-state index in [1.165, 1.54) is 5.56 Å². The van der Waals surface area contributed by atoms with Crippen molar-refractivity contribution in [3.63, 3.8) is 0 Å². The van der Waals surface area contributed by atoms with Crippen molar-refractivity contribution in [1.82, 2.24) is 0 Å². The Morgan fingerprint density at radius 3 is 2.63 bits per heavy atom. The number of hydrogen-bond donors (Lipinski definition) is 1. The first-order chi connectivity index (χ1) is 14.3. The number of carboxylic acids is 1. The van der Waals surface area contributed by atoms with Gasteiger partial charge in [-0.25, -0.2) is 4.79 Å². The van der Waals surface area contributed by atoms with Gasteiger partial charge in [-0.1, -0.05) is 32.0 Å². The smallest absolute Gasteiger partial charge is 0.347 e. The molecule has 30 heavy (non-hydrogen) atoms. The molecule has 1 aliphatic rings. The number of hydrogen-bond acceptors (Lipinski definition) is 4. The van der Waals surface area contributed by atoms with E-state index in [4.69, 9.17) is 14.2 Å². The molecule has 0 aliphatic carbocycles. The minimum atomic E-state index is -1.18. The molecule has 0 saturated heterocycles. The molecule has 0 fully saturated rings. The van der Waals surface area contributed by atoms with Crippen LogP contribution in [0, 0.1) is 12.8 Å². The number of benzene rings is 2. The number of rotatable bonds is 9. The fourth-order valence-corrected chi connectivity index (χ4v) is 3.65. The normalized spacial score (nSPS) is 17.9. The van der Waals surface area contributed by atoms with E-state index in [9.17, 15) is 9.90 Å². The van der Waals surface area contributed by atoms with Crippen LogP contribution < -0.4 is 14.2 Å². The van der Waals surface area contributed by atoms with Crippen LogP contribution in [0.1, 0.15) is 50.3 Å². The largest absolute Gasteiger partial charge is 0.493 e. The molecule has 0 bridgehead atoms. The Hall–Kier alpha value is -2.69. The van der Waals surface area contributed by atoms with Gasteiger partial charge < -0.3 is 19.3 Å². The molecule has 0 radical (unpaired) electrons. The lowest BCUT2D eigenvalue weighted by Gasteiger charge is -2.32. The maximum atomic E-state index is 11.5. The molecule has 5 nitrogen and oxygen atoms in total. The molecule has 0 spiro atoms. The molecule has 5 heteroatoms. The second-order valence-electron chi connectivity index (χ2n) is 8.66. The topological polar surface area (TPSA) is 65.0 Å². The highest BCUT2D eigenvalue weighted by molar-refractivity contribution is 5.78. The first-order valence-electron chi connectivity index (χ1n) is 10.7. The van der Waals surface area contributed by atoms with Crippen molar-refractivity contribution in [3.05, 3.63) is 53.1 Å². The lowest BCUT2D eigenvalue weighted by molar-refractivity contribution is -0.155. The van der Waals surface area contributed by atoms with Gasteiger partial charge in [0.15, 0.2) is 0 Å². The van der Waals surface area contributed by atoms with E-state index in [1.807, 2.05) is 18.2 Å². The standard InChI is InChI=1S/C25H32O5/c1-17(2)14-19-6-9-22(18(3)15-19)29-13-5-12-28-21-8-7-20-10-11-25(4,24(26)27)30-23(20)16-21/h6-9,15-17H,5,10-14H2,1-4H3,(H,26,27)/t25-/m1/s1. The summed E-state index contributed by atoms with van der Waals surface area (Å²) in [5, 5.41) is 9.39. The van der Waals surface area contributed by atoms with E-state index in [-0.39, 0.29) is 0 Å². The predicted octanol–water partition coefficient (Wildman–Crippen LogP) is 5.21. The third-order valence-electron chi connectivity index (χ3n) is 5.40. The number of fused-ring (bicyclic) bond motifs is 1. The summed E-state index contributed by atoms with van der Waals surface area (Å²) >= 11 is 0. The Kier molecular flexibility index (Phi) is 6.91. The van der Waals surface area contributed by atoms with Crippen molar-refractivity contribution in [2.24, 2.45) is 5.92 Å². The van der Waals surface area contributed by atoms with Gasteiger partial charge in [0, 0.05) is 18.9 Å². The number of aryl methyl sites for hydroxylation is 2. The molecule has 0 amide bonds. The molecule has 162 valence electrons. The summed E-state index contributed by atoms with van der Waals surface area (Å²) in [6.07, 6.45) is 2.97. The van der Waals surface area contributed by atoms with Gasteiger partial charge in [-0.3, -0.25) is 0 Å². The first-order valence-corrected chi connectivity index (χ1v) is 10.7. The van der Waals surface area contributed by atoms with Gasteiger partial charge >= 0.3 is 5.97 Å². The van der Waals surface area contributed by atoms with E-state index < -0.39 is 11.6 Å². The van der Waals surface area contributed by atoms with Crippen LogP contribution in [-0.2, 0) is 17.6 Å². The quantitative estimate of drug-likeness (QED) is 0.573. The third-order valence-corrected chi connectivity index (χ3v) is 5.40. The molecule has 1 atom stereocenters. The van der Waals surface area contributed by atoms with E-state index in [0.717, 1.165) is 29.7 Å². The highest BCUT2D eigenvalue weighted by Crippen LogP contribution is 2.36. The van der Waals surface area contributed by atoms with Crippen molar-refractivity contribution in [1.29, 1.82) is 0 Å². The summed E-state index contributed by atoms with van der Waals surface area (Å²) in [4.78, 5) is 11.5. The molecule has 1 aliphatic heterocycles. The van der Waals surface area contributed by atoms with Gasteiger partial charge in [0.1, 0.15) is 17.2 Å². The lowest BCUT2D eigenvalue weighted by Crippen LogP contribution is -2.44. The second-order valence-corrected chi connectivity index (χ2v) is 8.66. The number of carbonyl (C=O) groups is 1. The number of carboxylic acid groups (broad SMARTS) is 1. The molecule has 0 aromatic heterocycles. The molecule has 2 aromatic carbocycles. The zero-order valence-electron chi connectivity index (χ0n) is 18.4. The van der Waals surface area contributed by atoms with Crippen LogP contribution >= 0.6 is 0 Å². The Bertz CT molecular complexity index is 889. The van der Waals surface area contributed by atoms with Gasteiger partial charge in [0.2, 0.25) is 5.60 Å².